The fourth-order valence-corrected chi connectivity index (χ4v) is 3.80. The molecule has 4 heteroatoms. The van der Waals surface area contributed by atoms with E-state index in [1.165, 1.54) is 30.4 Å². The van der Waals surface area contributed by atoms with Crippen LogP contribution < -0.4 is 5.32 Å². The van der Waals surface area contributed by atoms with Crippen LogP contribution in [-0.4, -0.2) is 48.1 Å². The van der Waals surface area contributed by atoms with Crippen molar-refractivity contribution in [3.8, 4) is 0 Å². The number of hydrogen-bond acceptors (Lipinski definition) is 2. The number of benzene rings is 1. The number of urea groups is 1. The average Bonchev–Trinajstić information content (AvgIpc) is 2.83. The maximum atomic E-state index is 12.5. The first-order valence-corrected chi connectivity index (χ1v) is 9.54. The number of hydrogen-bond donors (Lipinski definition) is 1. The van der Waals surface area contributed by atoms with E-state index in [0.29, 0.717) is 6.04 Å². The Hall–Kier alpha value is -1.55. The molecule has 3 rings (SSSR count). The molecule has 1 aromatic rings. The van der Waals surface area contributed by atoms with E-state index in [2.05, 4.69) is 41.4 Å². The zero-order valence-electron chi connectivity index (χ0n) is 15.0. The lowest BCUT2D eigenvalue weighted by molar-refractivity contribution is 0.190. The summed E-state index contributed by atoms with van der Waals surface area (Å²) in [6, 6.07) is 9.34. The molecule has 0 atom stereocenters. The molecule has 0 spiro atoms. The van der Waals surface area contributed by atoms with Crippen LogP contribution in [0.25, 0.3) is 0 Å². The van der Waals surface area contributed by atoms with Crippen LogP contribution in [0, 0.1) is 6.92 Å². The van der Waals surface area contributed by atoms with E-state index in [9.17, 15) is 4.79 Å². The Morgan fingerprint density at radius 3 is 2.50 bits per heavy atom. The van der Waals surface area contributed by atoms with Crippen molar-refractivity contribution in [2.75, 3.05) is 26.2 Å². The molecule has 1 saturated carbocycles. The summed E-state index contributed by atoms with van der Waals surface area (Å²) in [5, 5.41) is 3.26. The summed E-state index contributed by atoms with van der Waals surface area (Å²) in [6.45, 7) is 6.86. The maximum absolute atomic E-state index is 12.5. The number of carbonyl (C=O) groups excluding carboxylic acids is 1. The predicted octanol–water partition coefficient (Wildman–Crippen LogP) is 3.55. The molecule has 2 fully saturated rings. The topological polar surface area (TPSA) is 35.6 Å². The summed E-state index contributed by atoms with van der Waals surface area (Å²) in [5.41, 5.74) is 2.67. The highest BCUT2D eigenvalue weighted by Crippen LogP contribution is 2.18. The van der Waals surface area contributed by atoms with Crippen LogP contribution in [0.2, 0.25) is 0 Å². The Bertz CT molecular complexity index is 522. The van der Waals surface area contributed by atoms with E-state index < -0.39 is 0 Å². The molecule has 2 amide bonds. The van der Waals surface area contributed by atoms with Crippen LogP contribution in [0.4, 0.5) is 4.79 Å². The fraction of sp³-hybridized carbons (Fsp3) is 0.650. The van der Waals surface area contributed by atoms with Crippen molar-refractivity contribution in [2.24, 2.45) is 0 Å². The van der Waals surface area contributed by atoms with Crippen LogP contribution in [0.5, 0.6) is 0 Å². The van der Waals surface area contributed by atoms with Gasteiger partial charge < -0.3 is 10.2 Å². The fourth-order valence-electron chi connectivity index (χ4n) is 3.80. The Morgan fingerprint density at radius 1 is 1.00 bits per heavy atom. The lowest BCUT2D eigenvalue weighted by Crippen LogP contribution is -2.46. The molecule has 1 aliphatic carbocycles. The number of nitrogens with zero attached hydrogens (tertiary/aromatic N) is 2. The average molecular weight is 329 g/mol. The van der Waals surface area contributed by atoms with E-state index in [4.69, 9.17) is 0 Å². The number of aryl methyl sites for hydroxylation is 1. The van der Waals surface area contributed by atoms with Crippen LogP contribution in [0.3, 0.4) is 0 Å². The largest absolute Gasteiger partial charge is 0.335 e. The van der Waals surface area contributed by atoms with Crippen LogP contribution in [-0.2, 0) is 6.54 Å². The number of carbonyl (C=O) groups is 1. The van der Waals surface area contributed by atoms with Gasteiger partial charge in [0.1, 0.15) is 0 Å². The van der Waals surface area contributed by atoms with Gasteiger partial charge in [0.15, 0.2) is 0 Å². The number of rotatable bonds is 3. The van der Waals surface area contributed by atoms with Gasteiger partial charge in [0.2, 0.25) is 0 Å². The molecule has 24 heavy (non-hydrogen) atoms. The number of amides is 2. The van der Waals surface area contributed by atoms with E-state index in [-0.39, 0.29) is 6.03 Å². The molecule has 0 unspecified atom stereocenters. The zero-order valence-corrected chi connectivity index (χ0v) is 15.0. The van der Waals surface area contributed by atoms with Crippen molar-refractivity contribution in [2.45, 2.75) is 58.0 Å². The first-order valence-electron chi connectivity index (χ1n) is 9.54. The van der Waals surface area contributed by atoms with Gasteiger partial charge in [-0.2, -0.15) is 0 Å². The van der Waals surface area contributed by atoms with Crippen molar-refractivity contribution in [1.29, 1.82) is 0 Å². The van der Waals surface area contributed by atoms with Crippen LogP contribution >= 0.6 is 0 Å². The first-order chi connectivity index (χ1) is 11.7. The van der Waals surface area contributed by atoms with Crippen molar-refractivity contribution >= 4 is 6.03 Å². The molecule has 132 valence electrons. The summed E-state index contributed by atoms with van der Waals surface area (Å²) in [4.78, 5) is 17.0. The van der Waals surface area contributed by atoms with Gasteiger partial charge in [0, 0.05) is 38.8 Å². The molecule has 2 aliphatic rings. The third kappa shape index (κ3) is 4.97. The van der Waals surface area contributed by atoms with Gasteiger partial charge in [-0.25, -0.2) is 4.79 Å². The van der Waals surface area contributed by atoms with Gasteiger partial charge in [0.05, 0.1) is 0 Å². The second kappa shape index (κ2) is 8.52. The van der Waals surface area contributed by atoms with Crippen LogP contribution in [0.1, 0.15) is 49.7 Å². The van der Waals surface area contributed by atoms with Gasteiger partial charge in [0.25, 0.3) is 0 Å². The standard InChI is InChI=1S/C20H31N3O/c1-17-8-10-18(11-9-17)16-22-12-5-13-23(15-14-22)20(24)21-19-6-3-2-4-7-19/h8-11,19H,2-7,12-16H2,1H3,(H,21,24). The molecule has 1 N–H and O–H groups in total. The quantitative estimate of drug-likeness (QED) is 0.920. The summed E-state index contributed by atoms with van der Waals surface area (Å²) >= 11 is 0. The molecular formula is C20H31N3O. The van der Waals surface area contributed by atoms with Crippen LogP contribution in [0.15, 0.2) is 24.3 Å². The van der Waals surface area contributed by atoms with E-state index in [1.807, 2.05) is 4.90 Å². The van der Waals surface area contributed by atoms with E-state index in [1.54, 1.807) is 0 Å². The monoisotopic (exact) mass is 329 g/mol. The van der Waals surface area contributed by atoms with Gasteiger partial charge >= 0.3 is 6.03 Å². The predicted molar refractivity (Wildman–Crippen MR) is 98.1 cm³/mol. The molecule has 0 bridgehead atoms. The molecule has 1 aliphatic heterocycles. The van der Waals surface area contributed by atoms with Gasteiger partial charge in [-0.1, -0.05) is 49.1 Å². The minimum absolute atomic E-state index is 0.152. The van der Waals surface area contributed by atoms with Gasteiger partial charge in [-0.3, -0.25) is 4.90 Å². The van der Waals surface area contributed by atoms with Crippen molar-refractivity contribution in [1.82, 2.24) is 15.1 Å². The molecule has 0 aromatic heterocycles. The highest BCUT2D eigenvalue weighted by Gasteiger charge is 2.22. The normalized spacial score (nSPS) is 20.6. The highest BCUT2D eigenvalue weighted by molar-refractivity contribution is 5.74. The maximum Gasteiger partial charge on any atom is 0.317 e. The molecular weight excluding hydrogens is 298 g/mol. The Labute approximate surface area is 146 Å². The van der Waals surface area contributed by atoms with Crippen molar-refractivity contribution in [3.63, 3.8) is 0 Å². The van der Waals surface area contributed by atoms with Gasteiger partial charge in [-0.05, 0) is 31.7 Å². The first kappa shape index (κ1) is 17.3. The van der Waals surface area contributed by atoms with Crippen molar-refractivity contribution in [3.05, 3.63) is 35.4 Å². The lowest BCUT2D eigenvalue weighted by atomic mass is 9.96. The van der Waals surface area contributed by atoms with Gasteiger partial charge in [-0.15, -0.1) is 0 Å². The Kier molecular flexibility index (Phi) is 6.13. The summed E-state index contributed by atoms with van der Waals surface area (Å²) < 4.78 is 0. The second-order valence-corrected chi connectivity index (χ2v) is 7.39. The minimum Gasteiger partial charge on any atom is -0.335 e. The molecule has 4 nitrogen and oxygen atoms in total. The summed E-state index contributed by atoms with van der Waals surface area (Å²) in [7, 11) is 0. The molecule has 1 heterocycles. The zero-order chi connectivity index (χ0) is 16.8. The smallest absolute Gasteiger partial charge is 0.317 e. The Balaban J connectivity index is 1.47. The van der Waals surface area contributed by atoms with Crippen molar-refractivity contribution < 1.29 is 4.79 Å². The molecule has 1 saturated heterocycles. The third-order valence-corrected chi connectivity index (χ3v) is 5.34. The second-order valence-electron chi connectivity index (χ2n) is 7.39. The van der Waals surface area contributed by atoms with E-state index in [0.717, 1.165) is 52.0 Å². The molecule has 1 aromatic carbocycles. The highest BCUT2D eigenvalue weighted by atomic mass is 16.2. The SMILES string of the molecule is Cc1ccc(CN2CCCN(C(=O)NC3CCCCC3)CC2)cc1. The minimum atomic E-state index is 0.152. The summed E-state index contributed by atoms with van der Waals surface area (Å²) in [5.74, 6) is 0. The third-order valence-electron chi connectivity index (χ3n) is 5.34. The Morgan fingerprint density at radius 2 is 1.75 bits per heavy atom. The molecule has 0 radical (unpaired) electrons. The van der Waals surface area contributed by atoms with E-state index >= 15 is 0 Å². The summed E-state index contributed by atoms with van der Waals surface area (Å²) in [6.07, 6.45) is 7.21. The lowest BCUT2D eigenvalue weighted by Gasteiger charge is -2.27. The number of nitrogens with one attached hydrogen (secondary N) is 1.